The van der Waals surface area contributed by atoms with Gasteiger partial charge in [-0.1, -0.05) is 35.3 Å². The van der Waals surface area contributed by atoms with Crippen LogP contribution >= 0.6 is 35.0 Å². The molecule has 0 aliphatic carbocycles. The third kappa shape index (κ3) is 4.37. The number of thioether (sulfide) groups is 1. The summed E-state index contributed by atoms with van der Waals surface area (Å²) < 4.78 is 6.00. The third-order valence-electron chi connectivity index (χ3n) is 3.75. The van der Waals surface area contributed by atoms with Gasteiger partial charge in [0.15, 0.2) is 5.17 Å². The summed E-state index contributed by atoms with van der Waals surface area (Å²) in [6.07, 6.45) is 3.08. The molecule has 0 aliphatic heterocycles. The number of halogens is 2. The van der Waals surface area contributed by atoms with Crippen molar-refractivity contribution in [2.24, 2.45) is 10.9 Å². The van der Waals surface area contributed by atoms with Gasteiger partial charge in [0.2, 0.25) is 0 Å². The molecule has 6 nitrogen and oxygen atoms in total. The third-order valence-corrected chi connectivity index (χ3v) is 5.47. The molecule has 0 unspecified atom stereocenters. The Morgan fingerprint density at radius 2 is 2.04 bits per heavy atom. The minimum atomic E-state index is 0.212. The predicted molar refractivity (Wildman–Crippen MR) is 112 cm³/mol. The van der Waals surface area contributed by atoms with Gasteiger partial charge in [-0.3, -0.25) is 4.98 Å². The minimum absolute atomic E-state index is 0.212. The molecule has 0 spiro atoms. The normalized spacial score (nSPS) is 11.6. The van der Waals surface area contributed by atoms with Crippen LogP contribution in [0.3, 0.4) is 0 Å². The first kappa shape index (κ1) is 19.5. The second kappa shape index (κ2) is 8.65. The van der Waals surface area contributed by atoms with Crippen LogP contribution in [0.25, 0.3) is 10.9 Å². The molecule has 27 heavy (non-hydrogen) atoms. The highest BCUT2D eigenvalue weighted by Gasteiger charge is 2.13. The van der Waals surface area contributed by atoms with Crippen molar-refractivity contribution in [3.05, 3.63) is 58.0 Å². The average Bonchev–Trinajstić information content (AvgIpc) is 2.65. The van der Waals surface area contributed by atoms with E-state index in [4.69, 9.17) is 33.8 Å². The SMILES string of the molecule is CN/C(=N\N)Sc1cc(C)nc2c(OCc3c(Cl)cncc3Cl)cccc12. The van der Waals surface area contributed by atoms with Crippen LogP contribution in [0.15, 0.2) is 46.7 Å². The molecule has 0 saturated carbocycles. The van der Waals surface area contributed by atoms with E-state index in [0.29, 0.717) is 26.5 Å². The van der Waals surface area contributed by atoms with E-state index in [0.717, 1.165) is 21.5 Å². The fourth-order valence-corrected chi connectivity index (χ4v) is 3.83. The minimum Gasteiger partial charge on any atom is -0.487 e. The number of amidine groups is 1. The summed E-state index contributed by atoms with van der Waals surface area (Å²) in [5.74, 6) is 6.05. The number of hydrogen-bond acceptors (Lipinski definition) is 6. The van der Waals surface area contributed by atoms with Gasteiger partial charge < -0.3 is 15.9 Å². The quantitative estimate of drug-likeness (QED) is 0.214. The number of nitrogens with one attached hydrogen (secondary N) is 1. The van der Waals surface area contributed by atoms with Gasteiger partial charge in [-0.15, -0.1) is 0 Å². The zero-order chi connectivity index (χ0) is 19.4. The lowest BCUT2D eigenvalue weighted by molar-refractivity contribution is 0.309. The number of nitrogens with two attached hydrogens (primary N) is 1. The van der Waals surface area contributed by atoms with E-state index < -0.39 is 0 Å². The summed E-state index contributed by atoms with van der Waals surface area (Å²) in [4.78, 5) is 9.57. The number of fused-ring (bicyclic) bond motifs is 1. The van der Waals surface area contributed by atoms with Crippen molar-refractivity contribution in [3.63, 3.8) is 0 Å². The van der Waals surface area contributed by atoms with Crippen molar-refractivity contribution in [1.82, 2.24) is 15.3 Å². The lowest BCUT2D eigenvalue weighted by Gasteiger charge is -2.13. The van der Waals surface area contributed by atoms with Crippen molar-refractivity contribution in [3.8, 4) is 5.75 Å². The van der Waals surface area contributed by atoms with E-state index in [-0.39, 0.29) is 6.61 Å². The lowest BCUT2D eigenvalue weighted by Crippen LogP contribution is -2.16. The molecule has 0 atom stereocenters. The van der Waals surface area contributed by atoms with Crippen molar-refractivity contribution in [1.29, 1.82) is 0 Å². The smallest absolute Gasteiger partial charge is 0.184 e. The maximum Gasteiger partial charge on any atom is 0.184 e. The average molecular weight is 422 g/mol. The molecule has 9 heteroatoms. The van der Waals surface area contributed by atoms with E-state index in [9.17, 15) is 0 Å². The number of hydrazone groups is 1. The topological polar surface area (TPSA) is 85.4 Å². The van der Waals surface area contributed by atoms with Crippen LogP contribution in [0.2, 0.25) is 10.0 Å². The van der Waals surface area contributed by atoms with E-state index in [1.807, 2.05) is 31.2 Å². The van der Waals surface area contributed by atoms with Gasteiger partial charge in [0, 0.05) is 41.0 Å². The summed E-state index contributed by atoms with van der Waals surface area (Å²) in [5, 5.41) is 9.15. The molecule has 0 bridgehead atoms. The van der Waals surface area contributed by atoms with Crippen LogP contribution in [0.1, 0.15) is 11.3 Å². The Hall–Kier alpha value is -2.22. The molecule has 2 aromatic heterocycles. The first-order valence-electron chi connectivity index (χ1n) is 7.98. The molecule has 3 N–H and O–H groups in total. The molecular weight excluding hydrogens is 405 g/mol. The number of rotatable bonds is 4. The van der Waals surface area contributed by atoms with Gasteiger partial charge in [-0.2, -0.15) is 5.10 Å². The van der Waals surface area contributed by atoms with E-state index >= 15 is 0 Å². The molecule has 3 aromatic rings. The number of hydrogen-bond donors (Lipinski definition) is 2. The zero-order valence-corrected chi connectivity index (χ0v) is 17.0. The number of benzene rings is 1. The highest BCUT2D eigenvalue weighted by Crippen LogP contribution is 2.34. The van der Waals surface area contributed by atoms with Crippen LogP contribution in [0.5, 0.6) is 5.75 Å². The molecule has 3 rings (SSSR count). The van der Waals surface area contributed by atoms with Gasteiger partial charge in [0.25, 0.3) is 0 Å². The fraction of sp³-hybridized carbons (Fsp3) is 0.167. The first-order chi connectivity index (χ1) is 13.0. The van der Waals surface area contributed by atoms with Gasteiger partial charge in [-0.05, 0) is 30.8 Å². The van der Waals surface area contributed by atoms with Crippen LogP contribution in [0.4, 0.5) is 0 Å². The molecule has 1 aromatic carbocycles. The molecule has 0 radical (unpaired) electrons. The van der Waals surface area contributed by atoms with Gasteiger partial charge >= 0.3 is 0 Å². The van der Waals surface area contributed by atoms with Crippen molar-refractivity contribution in [2.45, 2.75) is 18.4 Å². The molecule has 0 saturated heterocycles. The summed E-state index contributed by atoms with van der Waals surface area (Å²) >= 11 is 13.8. The van der Waals surface area contributed by atoms with Crippen molar-refractivity contribution in [2.75, 3.05) is 7.05 Å². The van der Waals surface area contributed by atoms with Gasteiger partial charge in [0.1, 0.15) is 17.9 Å². The van der Waals surface area contributed by atoms with Crippen LogP contribution in [-0.4, -0.2) is 22.2 Å². The maximum absolute atomic E-state index is 6.18. The molecule has 140 valence electrons. The van der Waals surface area contributed by atoms with Gasteiger partial charge in [-0.25, -0.2) is 4.98 Å². The highest BCUT2D eigenvalue weighted by atomic mass is 35.5. The molecule has 0 aliphatic rings. The Morgan fingerprint density at radius 1 is 1.30 bits per heavy atom. The number of ether oxygens (including phenoxy) is 1. The van der Waals surface area contributed by atoms with Crippen molar-refractivity contribution >= 4 is 51.0 Å². The van der Waals surface area contributed by atoms with Gasteiger partial charge in [0.05, 0.1) is 10.0 Å². The Bertz CT molecular complexity index is 992. The standard InChI is InChI=1S/C18H17Cl2N5OS/c1-10-6-16(27-18(22-2)25-21)11-4-3-5-15(17(11)24-10)26-9-12-13(19)7-23-8-14(12)20/h3-8H,9,21H2,1-2H3,(H,22,25). The summed E-state index contributed by atoms with van der Waals surface area (Å²) in [6.45, 7) is 2.14. The number of aryl methyl sites for hydroxylation is 1. The van der Waals surface area contributed by atoms with Crippen LogP contribution in [0, 0.1) is 6.92 Å². The number of pyridine rings is 2. The highest BCUT2D eigenvalue weighted by molar-refractivity contribution is 8.14. The summed E-state index contributed by atoms with van der Waals surface area (Å²) in [7, 11) is 1.77. The molecule has 0 fully saturated rings. The Balaban J connectivity index is 1.98. The van der Waals surface area contributed by atoms with E-state index in [1.165, 1.54) is 24.2 Å². The number of nitrogens with zero attached hydrogens (tertiary/aromatic N) is 3. The molecule has 2 heterocycles. The second-order valence-electron chi connectivity index (χ2n) is 5.57. The second-order valence-corrected chi connectivity index (χ2v) is 7.42. The first-order valence-corrected chi connectivity index (χ1v) is 9.55. The zero-order valence-electron chi connectivity index (χ0n) is 14.7. The number of aromatic nitrogens is 2. The van der Waals surface area contributed by atoms with Crippen LogP contribution in [-0.2, 0) is 6.61 Å². The molecule has 0 amide bonds. The van der Waals surface area contributed by atoms with Crippen molar-refractivity contribution < 1.29 is 4.74 Å². The predicted octanol–water partition coefficient (Wildman–Crippen LogP) is 4.37. The van der Waals surface area contributed by atoms with E-state index in [2.05, 4.69) is 20.4 Å². The fourth-order valence-electron chi connectivity index (χ4n) is 2.49. The van der Waals surface area contributed by atoms with Crippen LogP contribution < -0.4 is 15.9 Å². The maximum atomic E-state index is 6.18. The Kier molecular flexibility index (Phi) is 6.26. The largest absolute Gasteiger partial charge is 0.487 e. The summed E-state index contributed by atoms with van der Waals surface area (Å²) in [5.41, 5.74) is 2.28. The monoisotopic (exact) mass is 421 g/mol. The Labute approximate surface area is 171 Å². The van der Waals surface area contributed by atoms with E-state index in [1.54, 1.807) is 7.05 Å². The Morgan fingerprint density at radius 3 is 2.70 bits per heavy atom. The summed E-state index contributed by atoms with van der Waals surface area (Å²) in [6, 6.07) is 7.73. The lowest BCUT2D eigenvalue weighted by atomic mass is 10.2. The number of para-hydroxylation sites is 1. The molecular formula is C18H17Cl2N5OS.